The van der Waals surface area contributed by atoms with Crippen LogP contribution in [0.5, 0.6) is 0 Å². The topological polar surface area (TPSA) is 20.2 Å². The van der Waals surface area contributed by atoms with Crippen molar-refractivity contribution in [1.29, 1.82) is 0 Å². The summed E-state index contributed by atoms with van der Waals surface area (Å²) in [4.78, 5) is 0. The Labute approximate surface area is 140 Å². The molecular formula is C21H41O. The number of unbranched alkanes of at least 4 members (excludes halogenated alkanes) is 15. The first-order valence-corrected chi connectivity index (χ1v) is 9.99. The zero-order chi connectivity index (χ0) is 16.1. The van der Waals surface area contributed by atoms with Gasteiger partial charge < -0.3 is 5.11 Å². The highest BCUT2D eigenvalue weighted by Gasteiger charge is 1.94. The molecule has 0 aromatic rings. The van der Waals surface area contributed by atoms with Gasteiger partial charge in [-0.3, -0.25) is 0 Å². The maximum atomic E-state index is 8.65. The molecule has 0 aromatic carbocycles. The Morgan fingerprint density at radius 1 is 0.545 bits per heavy atom. The van der Waals surface area contributed by atoms with Gasteiger partial charge >= 0.3 is 0 Å². The zero-order valence-corrected chi connectivity index (χ0v) is 15.2. The lowest BCUT2D eigenvalue weighted by Gasteiger charge is -2.02. The molecule has 0 spiro atoms. The Bertz CT molecular complexity index is 210. The number of hydrogen-bond donors (Lipinski definition) is 1. The lowest BCUT2D eigenvalue weighted by molar-refractivity contribution is 0.302. The van der Waals surface area contributed by atoms with E-state index in [1.165, 1.54) is 96.3 Å². The van der Waals surface area contributed by atoms with Crippen LogP contribution in [0.15, 0.2) is 12.2 Å². The van der Waals surface area contributed by atoms with E-state index in [-0.39, 0.29) is 6.61 Å². The van der Waals surface area contributed by atoms with Crippen LogP contribution in [-0.4, -0.2) is 11.7 Å². The van der Waals surface area contributed by atoms with Gasteiger partial charge in [0.25, 0.3) is 0 Å². The van der Waals surface area contributed by atoms with Crippen molar-refractivity contribution in [3.63, 3.8) is 0 Å². The smallest absolute Gasteiger partial charge is 0.0465 e. The molecule has 0 bridgehead atoms. The second-order valence-electron chi connectivity index (χ2n) is 6.53. The molecule has 0 aromatic heterocycles. The van der Waals surface area contributed by atoms with E-state index in [0.717, 1.165) is 6.42 Å². The molecule has 0 atom stereocenters. The van der Waals surface area contributed by atoms with Crippen LogP contribution in [0, 0.1) is 6.42 Å². The fourth-order valence-corrected chi connectivity index (χ4v) is 2.78. The van der Waals surface area contributed by atoms with Crippen molar-refractivity contribution in [2.24, 2.45) is 0 Å². The second-order valence-corrected chi connectivity index (χ2v) is 6.53. The van der Waals surface area contributed by atoms with E-state index in [2.05, 4.69) is 25.5 Å². The molecule has 1 N–H and O–H groups in total. The Hall–Kier alpha value is -0.300. The summed E-state index contributed by atoms with van der Waals surface area (Å²) in [5, 5.41) is 8.65. The molecule has 1 nitrogen and oxygen atoms in total. The van der Waals surface area contributed by atoms with Crippen molar-refractivity contribution in [3.8, 4) is 0 Å². The number of aliphatic hydroxyl groups excluding tert-OH is 1. The van der Waals surface area contributed by atoms with Crippen molar-refractivity contribution in [2.75, 3.05) is 6.61 Å². The largest absolute Gasteiger partial charge is 0.396 e. The average Bonchev–Trinajstić information content (AvgIpc) is 2.54. The van der Waals surface area contributed by atoms with Gasteiger partial charge in [0.05, 0.1) is 0 Å². The molecule has 0 rings (SSSR count). The van der Waals surface area contributed by atoms with Gasteiger partial charge in [-0.2, -0.15) is 0 Å². The molecule has 0 aliphatic heterocycles. The Morgan fingerprint density at radius 3 is 1.55 bits per heavy atom. The molecule has 0 fully saturated rings. The lowest BCUT2D eigenvalue weighted by Crippen LogP contribution is -1.84. The summed E-state index contributed by atoms with van der Waals surface area (Å²) < 4.78 is 0. The highest BCUT2D eigenvalue weighted by atomic mass is 16.2. The van der Waals surface area contributed by atoms with Crippen LogP contribution in [0.4, 0.5) is 0 Å². The summed E-state index contributed by atoms with van der Waals surface area (Å²) in [5.41, 5.74) is 0. The summed E-state index contributed by atoms with van der Waals surface area (Å²) in [6, 6.07) is 0. The van der Waals surface area contributed by atoms with Gasteiger partial charge in [-0.1, -0.05) is 103 Å². The third-order valence-corrected chi connectivity index (χ3v) is 4.25. The first kappa shape index (κ1) is 21.7. The SMILES string of the molecule is CCCCCCC[CH]CCCCCCCCCC=CCCO. The summed E-state index contributed by atoms with van der Waals surface area (Å²) in [6.45, 7) is 2.56. The standard InChI is InChI=1S/C21H41O/c1-2-3-4-5-6-7-8-9-10-11-12-13-14-15-16-17-18-19-20-21-22/h8,18-19,22H,2-7,9-17,20-21H2,1H3. The van der Waals surface area contributed by atoms with Crippen LogP contribution in [0.1, 0.15) is 110 Å². The van der Waals surface area contributed by atoms with Crippen LogP contribution >= 0.6 is 0 Å². The summed E-state index contributed by atoms with van der Waals surface area (Å²) >= 11 is 0. The van der Waals surface area contributed by atoms with E-state index in [1.807, 2.05) is 0 Å². The minimum absolute atomic E-state index is 0.285. The summed E-state index contributed by atoms with van der Waals surface area (Å²) in [7, 11) is 0. The van der Waals surface area contributed by atoms with Crippen LogP contribution < -0.4 is 0 Å². The van der Waals surface area contributed by atoms with Gasteiger partial charge in [-0.05, 0) is 25.7 Å². The quantitative estimate of drug-likeness (QED) is 0.213. The number of hydrogen-bond acceptors (Lipinski definition) is 1. The maximum absolute atomic E-state index is 8.65. The summed E-state index contributed by atoms with van der Waals surface area (Å²) in [6.07, 6.45) is 28.3. The molecule has 1 radical (unpaired) electrons. The zero-order valence-electron chi connectivity index (χ0n) is 15.2. The summed E-state index contributed by atoms with van der Waals surface area (Å²) in [5.74, 6) is 0. The van der Waals surface area contributed by atoms with Crippen LogP contribution in [0.3, 0.4) is 0 Å². The molecule has 0 heterocycles. The molecule has 22 heavy (non-hydrogen) atoms. The molecule has 1 heteroatoms. The van der Waals surface area contributed by atoms with Crippen molar-refractivity contribution in [1.82, 2.24) is 0 Å². The van der Waals surface area contributed by atoms with Crippen molar-refractivity contribution < 1.29 is 5.11 Å². The molecular weight excluding hydrogens is 268 g/mol. The van der Waals surface area contributed by atoms with Gasteiger partial charge in [0.15, 0.2) is 0 Å². The first-order valence-electron chi connectivity index (χ1n) is 9.99. The third kappa shape index (κ3) is 19.7. The highest BCUT2D eigenvalue weighted by molar-refractivity contribution is 4.80. The molecule has 0 saturated carbocycles. The maximum Gasteiger partial charge on any atom is 0.0465 e. The fourth-order valence-electron chi connectivity index (χ4n) is 2.78. The van der Waals surface area contributed by atoms with E-state index in [9.17, 15) is 0 Å². The van der Waals surface area contributed by atoms with Crippen LogP contribution in [0.2, 0.25) is 0 Å². The van der Waals surface area contributed by atoms with E-state index in [1.54, 1.807) is 0 Å². The Balaban J connectivity index is 2.97. The average molecular weight is 310 g/mol. The van der Waals surface area contributed by atoms with E-state index < -0.39 is 0 Å². The second kappa shape index (κ2) is 20.7. The van der Waals surface area contributed by atoms with Crippen molar-refractivity contribution >= 4 is 0 Å². The molecule has 0 aliphatic rings. The molecule has 131 valence electrons. The van der Waals surface area contributed by atoms with E-state index >= 15 is 0 Å². The van der Waals surface area contributed by atoms with Gasteiger partial charge in [0.1, 0.15) is 0 Å². The highest BCUT2D eigenvalue weighted by Crippen LogP contribution is 2.13. The minimum atomic E-state index is 0.285. The third-order valence-electron chi connectivity index (χ3n) is 4.25. The predicted molar refractivity (Wildman–Crippen MR) is 100 cm³/mol. The fraction of sp³-hybridized carbons (Fsp3) is 0.857. The van der Waals surface area contributed by atoms with Gasteiger partial charge in [0.2, 0.25) is 0 Å². The van der Waals surface area contributed by atoms with Gasteiger partial charge in [-0.25, -0.2) is 0 Å². The first-order chi connectivity index (χ1) is 10.9. The molecule has 0 unspecified atom stereocenters. The van der Waals surface area contributed by atoms with Crippen molar-refractivity contribution in [3.05, 3.63) is 18.6 Å². The van der Waals surface area contributed by atoms with E-state index in [0.29, 0.717) is 0 Å². The monoisotopic (exact) mass is 309 g/mol. The number of aliphatic hydroxyl groups is 1. The molecule has 0 amide bonds. The van der Waals surface area contributed by atoms with Crippen LogP contribution in [-0.2, 0) is 0 Å². The normalized spacial score (nSPS) is 11.5. The number of allylic oxidation sites excluding steroid dienone is 1. The van der Waals surface area contributed by atoms with Crippen LogP contribution in [0.25, 0.3) is 0 Å². The Morgan fingerprint density at radius 2 is 1.00 bits per heavy atom. The number of rotatable bonds is 18. The van der Waals surface area contributed by atoms with E-state index in [4.69, 9.17) is 5.11 Å². The minimum Gasteiger partial charge on any atom is -0.396 e. The lowest BCUT2D eigenvalue weighted by atomic mass is 10.0. The molecule has 0 saturated heterocycles. The Kier molecular flexibility index (Phi) is 20.4. The predicted octanol–water partition coefficient (Wildman–Crippen LogP) is 7.00. The molecule has 0 aliphatic carbocycles. The van der Waals surface area contributed by atoms with Gasteiger partial charge in [-0.15, -0.1) is 0 Å². The van der Waals surface area contributed by atoms with Crippen molar-refractivity contribution in [2.45, 2.75) is 110 Å². The van der Waals surface area contributed by atoms with Gasteiger partial charge in [0, 0.05) is 6.61 Å².